The van der Waals surface area contributed by atoms with E-state index in [9.17, 15) is 0 Å². The monoisotopic (exact) mass is 205 g/mol. The van der Waals surface area contributed by atoms with Crippen LogP contribution >= 0.6 is 0 Å². The molecule has 5 heteroatoms. The summed E-state index contributed by atoms with van der Waals surface area (Å²) in [6.07, 6.45) is 4.18. The first-order chi connectivity index (χ1) is 7.25. The quantitative estimate of drug-likeness (QED) is 0.547. The number of hydrogen-bond acceptors (Lipinski definition) is 3. The van der Waals surface area contributed by atoms with Gasteiger partial charge in [-0.15, -0.1) is 0 Å². The summed E-state index contributed by atoms with van der Waals surface area (Å²) < 4.78 is 0. The van der Waals surface area contributed by atoms with Crippen LogP contribution in [0.3, 0.4) is 0 Å². The normalized spacial score (nSPS) is 15.3. The van der Waals surface area contributed by atoms with Gasteiger partial charge in [0.05, 0.1) is 11.9 Å². The van der Waals surface area contributed by atoms with E-state index in [1.54, 1.807) is 6.20 Å². The number of aromatic nitrogens is 1. The third-order valence-electron chi connectivity index (χ3n) is 2.42. The topological polar surface area (TPSA) is 80.5 Å². The molecule has 0 atom stereocenters. The molecular formula is C10H15N5. The molecule has 80 valence electrons. The van der Waals surface area contributed by atoms with Gasteiger partial charge < -0.3 is 16.4 Å². The van der Waals surface area contributed by atoms with Gasteiger partial charge in [-0.1, -0.05) is 0 Å². The highest BCUT2D eigenvalue weighted by atomic mass is 15.2. The molecule has 5 nitrogen and oxygen atoms in total. The van der Waals surface area contributed by atoms with E-state index in [1.807, 2.05) is 12.1 Å². The van der Waals surface area contributed by atoms with Crippen molar-refractivity contribution < 1.29 is 0 Å². The van der Waals surface area contributed by atoms with E-state index in [0.717, 1.165) is 18.9 Å². The van der Waals surface area contributed by atoms with Gasteiger partial charge in [-0.2, -0.15) is 0 Å². The minimum absolute atomic E-state index is 0.0609. The van der Waals surface area contributed by atoms with E-state index in [-0.39, 0.29) is 5.96 Å². The average molecular weight is 205 g/mol. The van der Waals surface area contributed by atoms with Crippen LogP contribution in [-0.2, 0) is 0 Å². The number of rotatable bonds is 2. The minimum atomic E-state index is 0.0609. The largest absolute Gasteiger partial charge is 0.370 e. The molecule has 1 aliphatic rings. The molecular weight excluding hydrogens is 190 g/mol. The van der Waals surface area contributed by atoms with Crippen LogP contribution in [0.5, 0.6) is 0 Å². The Kier molecular flexibility index (Phi) is 2.71. The Hall–Kier alpha value is -1.78. The molecule has 2 heterocycles. The van der Waals surface area contributed by atoms with Gasteiger partial charge in [0.1, 0.15) is 5.82 Å². The Morgan fingerprint density at radius 1 is 1.27 bits per heavy atom. The number of aliphatic imine (C=N–C) groups is 1. The molecule has 0 amide bonds. The van der Waals surface area contributed by atoms with Crippen molar-refractivity contribution in [2.45, 2.75) is 12.8 Å². The molecule has 4 N–H and O–H groups in total. The van der Waals surface area contributed by atoms with Crippen molar-refractivity contribution in [3.8, 4) is 0 Å². The fourth-order valence-electron chi connectivity index (χ4n) is 1.73. The zero-order valence-corrected chi connectivity index (χ0v) is 8.56. The second kappa shape index (κ2) is 4.16. The molecule has 0 spiro atoms. The molecule has 0 radical (unpaired) electrons. The summed E-state index contributed by atoms with van der Waals surface area (Å²) in [6, 6.07) is 3.83. The maximum absolute atomic E-state index is 5.27. The second-order valence-electron chi connectivity index (χ2n) is 3.61. The van der Waals surface area contributed by atoms with Crippen molar-refractivity contribution in [1.82, 2.24) is 4.98 Å². The lowest BCUT2D eigenvalue weighted by Crippen LogP contribution is -2.22. The highest BCUT2D eigenvalue weighted by molar-refractivity contribution is 5.78. The molecule has 0 unspecified atom stereocenters. The van der Waals surface area contributed by atoms with Crippen molar-refractivity contribution in [3.05, 3.63) is 18.3 Å². The first-order valence-corrected chi connectivity index (χ1v) is 5.06. The molecule has 2 rings (SSSR count). The van der Waals surface area contributed by atoms with Crippen molar-refractivity contribution in [1.29, 1.82) is 0 Å². The minimum Gasteiger partial charge on any atom is -0.370 e. The number of nitrogens with zero attached hydrogens (tertiary/aromatic N) is 3. The third kappa shape index (κ3) is 2.37. The van der Waals surface area contributed by atoms with Gasteiger partial charge in [0.2, 0.25) is 0 Å². The predicted molar refractivity (Wildman–Crippen MR) is 61.2 cm³/mol. The molecule has 0 aliphatic carbocycles. The molecule has 1 aromatic heterocycles. The van der Waals surface area contributed by atoms with E-state index in [4.69, 9.17) is 11.5 Å². The maximum atomic E-state index is 5.27. The fraction of sp³-hybridized carbons (Fsp3) is 0.400. The van der Waals surface area contributed by atoms with Gasteiger partial charge in [0.25, 0.3) is 0 Å². The fourth-order valence-corrected chi connectivity index (χ4v) is 1.73. The Bertz CT molecular complexity index is 347. The molecule has 15 heavy (non-hydrogen) atoms. The predicted octanol–water partition coefficient (Wildman–Crippen LogP) is 0.587. The Morgan fingerprint density at radius 3 is 2.53 bits per heavy atom. The van der Waals surface area contributed by atoms with E-state index in [0.29, 0.717) is 5.69 Å². The molecule has 0 aromatic carbocycles. The summed E-state index contributed by atoms with van der Waals surface area (Å²) in [5.74, 6) is 1.06. The zero-order chi connectivity index (χ0) is 10.7. The summed E-state index contributed by atoms with van der Waals surface area (Å²) >= 11 is 0. The van der Waals surface area contributed by atoms with E-state index in [2.05, 4.69) is 14.9 Å². The number of anilines is 1. The lowest BCUT2D eigenvalue weighted by Gasteiger charge is -2.15. The SMILES string of the molecule is NC(N)=Nc1ccc(N2CCCC2)nc1. The van der Waals surface area contributed by atoms with Crippen molar-refractivity contribution in [2.24, 2.45) is 16.5 Å². The van der Waals surface area contributed by atoms with Crippen molar-refractivity contribution in [2.75, 3.05) is 18.0 Å². The summed E-state index contributed by atoms with van der Waals surface area (Å²) in [4.78, 5) is 10.5. The first-order valence-electron chi connectivity index (χ1n) is 5.06. The van der Waals surface area contributed by atoms with Crippen LogP contribution in [0.15, 0.2) is 23.3 Å². The number of nitrogens with two attached hydrogens (primary N) is 2. The molecule has 0 bridgehead atoms. The van der Waals surface area contributed by atoms with Gasteiger partial charge >= 0.3 is 0 Å². The maximum Gasteiger partial charge on any atom is 0.191 e. The molecule has 0 saturated carbocycles. The highest BCUT2D eigenvalue weighted by Crippen LogP contribution is 2.19. The molecule has 1 saturated heterocycles. The van der Waals surface area contributed by atoms with Crippen LogP contribution in [0.4, 0.5) is 11.5 Å². The molecule has 1 fully saturated rings. The van der Waals surface area contributed by atoms with Crippen LogP contribution in [-0.4, -0.2) is 24.0 Å². The number of pyridine rings is 1. The lowest BCUT2D eigenvalue weighted by molar-refractivity contribution is 0.937. The summed E-state index contributed by atoms with van der Waals surface area (Å²) in [7, 11) is 0. The third-order valence-corrected chi connectivity index (χ3v) is 2.42. The summed E-state index contributed by atoms with van der Waals surface area (Å²) in [5.41, 5.74) is 11.2. The van der Waals surface area contributed by atoms with Crippen LogP contribution in [0, 0.1) is 0 Å². The van der Waals surface area contributed by atoms with Crippen molar-refractivity contribution >= 4 is 17.5 Å². The molecule has 1 aliphatic heterocycles. The van der Waals surface area contributed by atoms with Crippen LogP contribution in [0.2, 0.25) is 0 Å². The number of guanidine groups is 1. The second-order valence-corrected chi connectivity index (χ2v) is 3.61. The Balaban J connectivity index is 2.13. The summed E-state index contributed by atoms with van der Waals surface area (Å²) in [6.45, 7) is 2.18. The number of hydrogen-bond donors (Lipinski definition) is 2. The summed E-state index contributed by atoms with van der Waals surface area (Å²) in [5, 5.41) is 0. The van der Waals surface area contributed by atoms with E-state index < -0.39 is 0 Å². The van der Waals surface area contributed by atoms with Gasteiger partial charge in [0, 0.05) is 13.1 Å². The van der Waals surface area contributed by atoms with Gasteiger partial charge in [0.15, 0.2) is 5.96 Å². The first kappa shape index (κ1) is 9.76. The van der Waals surface area contributed by atoms with E-state index >= 15 is 0 Å². The highest BCUT2D eigenvalue weighted by Gasteiger charge is 2.12. The van der Waals surface area contributed by atoms with Crippen molar-refractivity contribution in [3.63, 3.8) is 0 Å². The van der Waals surface area contributed by atoms with Crippen LogP contribution < -0.4 is 16.4 Å². The lowest BCUT2D eigenvalue weighted by atomic mass is 10.4. The smallest absolute Gasteiger partial charge is 0.191 e. The van der Waals surface area contributed by atoms with Gasteiger partial charge in [-0.25, -0.2) is 9.98 Å². The Morgan fingerprint density at radius 2 is 2.00 bits per heavy atom. The molecule has 1 aromatic rings. The van der Waals surface area contributed by atoms with Crippen LogP contribution in [0.1, 0.15) is 12.8 Å². The standard InChI is InChI=1S/C10H15N5/c11-10(12)14-8-3-4-9(13-7-8)15-5-1-2-6-15/h3-4,7H,1-2,5-6H2,(H4,11,12,14). The Labute approximate surface area is 88.8 Å². The van der Waals surface area contributed by atoms with Gasteiger partial charge in [-0.05, 0) is 25.0 Å². The van der Waals surface area contributed by atoms with Gasteiger partial charge in [-0.3, -0.25) is 0 Å². The average Bonchev–Trinajstić information content (AvgIpc) is 2.71. The van der Waals surface area contributed by atoms with E-state index in [1.165, 1.54) is 12.8 Å². The van der Waals surface area contributed by atoms with Crippen LogP contribution in [0.25, 0.3) is 0 Å². The zero-order valence-electron chi connectivity index (χ0n) is 8.56.